The van der Waals surface area contributed by atoms with Crippen LogP contribution in [0.25, 0.3) is 0 Å². The van der Waals surface area contributed by atoms with Gasteiger partial charge in [0.05, 0.1) is 0 Å². The van der Waals surface area contributed by atoms with Gasteiger partial charge in [-0.1, -0.05) is 42.6 Å². The standard InChI is InChI=1S/C14H24BrNO/c1-14(2)8-4-3-7-12(14)13(17)16-9-5-6-11(16)10-15/h11-12H,3-10H2,1-2H3. The fourth-order valence-corrected chi connectivity index (χ4v) is 4.11. The molecule has 0 N–H and O–H groups in total. The van der Waals surface area contributed by atoms with E-state index in [9.17, 15) is 4.79 Å². The minimum Gasteiger partial charge on any atom is -0.339 e. The zero-order valence-corrected chi connectivity index (χ0v) is 12.6. The molecule has 0 aromatic heterocycles. The van der Waals surface area contributed by atoms with Crippen LogP contribution in [0.2, 0.25) is 0 Å². The highest BCUT2D eigenvalue weighted by Crippen LogP contribution is 2.42. The second-order valence-electron chi connectivity index (χ2n) is 6.27. The number of halogens is 1. The molecule has 1 amide bonds. The summed E-state index contributed by atoms with van der Waals surface area (Å²) in [5.41, 5.74) is 0.203. The Balaban J connectivity index is 2.08. The first-order valence-corrected chi connectivity index (χ1v) is 8.05. The molecule has 1 heterocycles. The molecule has 98 valence electrons. The predicted molar refractivity (Wildman–Crippen MR) is 74.3 cm³/mol. The average molecular weight is 302 g/mol. The lowest BCUT2D eigenvalue weighted by atomic mass is 9.68. The van der Waals surface area contributed by atoms with Crippen LogP contribution >= 0.6 is 15.9 Å². The van der Waals surface area contributed by atoms with Crippen LogP contribution in [0.15, 0.2) is 0 Å². The summed E-state index contributed by atoms with van der Waals surface area (Å²) < 4.78 is 0. The average Bonchev–Trinajstić information content (AvgIpc) is 2.75. The molecule has 2 fully saturated rings. The quantitative estimate of drug-likeness (QED) is 0.714. The Hall–Kier alpha value is -0.0500. The highest BCUT2D eigenvalue weighted by molar-refractivity contribution is 9.09. The van der Waals surface area contributed by atoms with Crippen molar-refractivity contribution in [3.05, 3.63) is 0 Å². The largest absolute Gasteiger partial charge is 0.339 e. The highest BCUT2D eigenvalue weighted by atomic mass is 79.9. The minimum atomic E-state index is 0.203. The Morgan fingerprint density at radius 1 is 1.29 bits per heavy atom. The van der Waals surface area contributed by atoms with Crippen molar-refractivity contribution in [1.82, 2.24) is 4.90 Å². The molecule has 2 rings (SSSR count). The van der Waals surface area contributed by atoms with Crippen molar-refractivity contribution >= 4 is 21.8 Å². The lowest BCUT2D eigenvalue weighted by Gasteiger charge is -2.40. The van der Waals surface area contributed by atoms with Crippen LogP contribution in [0.3, 0.4) is 0 Å². The Bertz CT molecular complexity index is 290. The number of nitrogens with zero attached hydrogens (tertiary/aromatic N) is 1. The van der Waals surface area contributed by atoms with E-state index in [1.807, 2.05) is 0 Å². The van der Waals surface area contributed by atoms with Gasteiger partial charge in [-0.25, -0.2) is 0 Å². The lowest BCUT2D eigenvalue weighted by molar-refractivity contribution is -0.141. The summed E-state index contributed by atoms with van der Waals surface area (Å²) in [5, 5.41) is 0.936. The van der Waals surface area contributed by atoms with Gasteiger partial charge < -0.3 is 4.90 Å². The van der Waals surface area contributed by atoms with E-state index in [0.717, 1.165) is 18.3 Å². The van der Waals surface area contributed by atoms with Gasteiger partial charge in [0.1, 0.15) is 0 Å². The summed E-state index contributed by atoms with van der Waals surface area (Å²) >= 11 is 3.54. The summed E-state index contributed by atoms with van der Waals surface area (Å²) in [7, 11) is 0. The number of alkyl halides is 1. The predicted octanol–water partition coefficient (Wildman–Crippen LogP) is 3.59. The summed E-state index contributed by atoms with van der Waals surface area (Å²) in [6.45, 7) is 5.52. The van der Waals surface area contributed by atoms with E-state index in [2.05, 4.69) is 34.7 Å². The van der Waals surface area contributed by atoms with Gasteiger partial charge in [-0.2, -0.15) is 0 Å². The van der Waals surface area contributed by atoms with Gasteiger partial charge in [0.25, 0.3) is 0 Å². The number of carbonyl (C=O) groups excluding carboxylic acids is 1. The number of hydrogen-bond donors (Lipinski definition) is 0. The first-order chi connectivity index (χ1) is 8.06. The molecule has 2 nitrogen and oxygen atoms in total. The van der Waals surface area contributed by atoms with Crippen LogP contribution in [0.5, 0.6) is 0 Å². The molecular weight excluding hydrogens is 278 g/mol. The van der Waals surface area contributed by atoms with Crippen LogP contribution in [0.4, 0.5) is 0 Å². The molecular formula is C14H24BrNO. The third-order valence-electron chi connectivity index (χ3n) is 4.64. The normalized spacial score (nSPS) is 32.8. The zero-order valence-electron chi connectivity index (χ0n) is 11.0. The molecule has 0 radical (unpaired) electrons. The van der Waals surface area contributed by atoms with Crippen molar-refractivity contribution in [2.24, 2.45) is 11.3 Å². The van der Waals surface area contributed by atoms with Crippen molar-refractivity contribution in [2.75, 3.05) is 11.9 Å². The van der Waals surface area contributed by atoms with Crippen molar-refractivity contribution in [2.45, 2.75) is 58.4 Å². The van der Waals surface area contributed by atoms with Crippen LogP contribution in [-0.4, -0.2) is 28.7 Å². The molecule has 2 unspecified atom stereocenters. The van der Waals surface area contributed by atoms with Gasteiger partial charge in [0.2, 0.25) is 5.91 Å². The van der Waals surface area contributed by atoms with Crippen LogP contribution < -0.4 is 0 Å². The molecule has 2 aliphatic rings. The second-order valence-corrected chi connectivity index (χ2v) is 6.92. The van der Waals surface area contributed by atoms with Crippen molar-refractivity contribution < 1.29 is 4.79 Å². The van der Waals surface area contributed by atoms with E-state index in [4.69, 9.17) is 0 Å². The van der Waals surface area contributed by atoms with Gasteiger partial charge in [0, 0.05) is 23.8 Å². The van der Waals surface area contributed by atoms with Gasteiger partial charge in [-0.15, -0.1) is 0 Å². The monoisotopic (exact) mass is 301 g/mol. The molecule has 0 bridgehead atoms. The topological polar surface area (TPSA) is 20.3 Å². The van der Waals surface area contributed by atoms with Crippen LogP contribution in [0, 0.1) is 11.3 Å². The third kappa shape index (κ3) is 2.69. The van der Waals surface area contributed by atoms with Crippen molar-refractivity contribution in [1.29, 1.82) is 0 Å². The zero-order chi connectivity index (χ0) is 12.5. The number of hydrogen-bond acceptors (Lipinski definition) is 1. The second kappa shape index (κ2) is 5.29. The molecule has 1 saturated heterocycles. The van der Waals surface area contributed by atoms with E-state index < -0.39 is 0 Å². The minimum absolute atomic E-state index is 0.203. The summed E-state index contributed by atoms with van der Waals surface area (Å²) in [6.07, 6.45) is 7.16. The van der Waals surface area contributed by atoms with Gasteiger partial charge >= 0.3 is 0 Å². The number of carbonyl (C=O) groups is 1. The van der Waals surface area contributed by atoms with E-state index in [-0.39, 0.29) is 11.3 Å². The summed E-state index contributed by atoms with van der Waals surface area (Å²) in [4.78, 5) is 14.8. The summed E-state index contributed by atoms with van der Waals surface area (Å²) in [5.74, 6) is 0.688. The SMILES string of the molecule is CC1(C)CCCCC1C(=O)N1CCCC1CBr. The van der Waals surface area contributed by atoms with Crippen molar-refractivity contribution in [3.63, 3.8) is 0 Å². The molecule has 17 heavy (non-hydrogen) atoms. The number of likely N-dealkylation sites (tertiary alicyclic amines) is 1. The summed E-state index contributed by atoms with van der Waals surface area (Å²) in [6, 6.07) is 0.445. The molecule has 3 heteroatoms. The van der Waals surface area contributed by atoms with Crippen molar-refractivity contribution in [3.8, 4) is 0 Å². The Morgan fingerprint density at radius 2 is 2.06 bits per heavy atom. The molecule has 1 aliphatic heterocycles. The fourth-order valence-electron chi connectivity index (χ4n) is 3.44. The van der Waals surface area contributed by atoms with E-state index in [1.54, 1.807) is 0 Å². The van der Waals surface area contributed by atoms with Gasteiger partial charge in [-0.05, 0) is 31.1 Å². The van der Waals surface area contributed by atoms with E-state index >= 15 is 0 Å². The van der Waals surface area contributed by atoms with Crippen LogP contribution in [0.1, 0.15) is 52.4 Å². The maximum atomic E-state index is 12.7. The smallest absolute Gasteiger partial charge is 0.226 e. The maximum absolute atomic E-state index is 12.7. The number of rotatable bonds is 2. The van der Waals surface area contributed by atoms with E-state index in [1.165, 1.54) is 32.1 Å². The molecule has 0 aromatic carbocycles. The first kappa shape index (κ1) is 13.4. The first-order valence-electron chi connectivity index (χ1n) is 6.93. The van der Waals surface area contributed by atoms with Crippen LogP contribution in [-0.2, 0) is 4.79 Å². The molecule has 1 aliphatic carbocycles. The third-order valence-corrected chi connectivity index (χ3v) is 5.39. The highest BCUT2D eigenvalue weighted by Gasteiger charge is 2.41. The Morgan fingerprint density at radius 3 is 2.71 bits per heavy atom. The number of amides is 1. The lowest BCUT2D eigenvalue weighted by Crippen LogP contribution is -2.46. The Labute approximate surface area is 113 Å². The maximum Gasteiger partial charge on any atom is 0.226 e. The molecule has 0 aromatic rings. The van der Waals surface area contributed by atoms with Gasteiger partial charge in [-0.3, -0.25) is 4.79 Å². The van der Waals surface area contributed by atoms with Gasteiger partial charge in [0.15, 0.2) is 0 Å². The van der Waals surface area contributed by atoms with E-state index in [0.29, 0.717) is 11.9 Å². The fraction of sp³-hybridized carbons (Fsp3) is 0.929. The molecule has 2 atom stereocenters. The molecule has 0 spiro atoms. The molecule has 1 saturated carbocycles. The Kier molecular flexibility index (Phi) is 4.17.